The molecule has 1 aliphatic rings. The summed E-state index contributed by atoms with van der Waals surface area (Å²) in [5, 5.41) is 10.5. The topological polar surface area (TPSA) is 51.6 Å². The molecule has 3 rings (SSSR count). The molecule has 4 heteroatoms. The highest BCUT2D eigenvalue weighted by molar-refractivity contribution is 5.40. The van der Waals surface area contributed by atoms with Crippen LogP contribution in [0.25, 0.3) is 0 Å². The first-order chi connectivity index (χ1) is 13.7. The van der Waals surface area contributed by atoms with E-state index in [-0.39, 0.29) is 11.9 Å². The van der Waals surface area contributed by atoms with Crippen molar-refractivity contribution in [1.82, 2.24) is 4.98 Å². The van der Waals surface area contributed by atoms with Crippen LogP contribution in [0.1, 0.15) is 61.9 Å². The molecule has 1 aromatic carbocycles. The summed E-state index contributed by atoms with van der Waals surface area (Å²) in [6.07, 6.45) is 8.22. The summed E-state index contributed by atoms with van der Waals surface area (Å²) < 4.78 is 11.6. The molecule has 2 aromatic rings. The summed E-state index contributed by atoms with van der Waals surface area (Å²) in [5.41, 5.74) is 4.53. The highest BCUT2D eigenvalue weighted by Crippen LogP contribution is 2.27. The van der Waals surface area contributed by atoms with E-state index in [1.54, 1.807) is 6.07 Å². The lowest BCUT2D eigenvalue weighted by molar-refractivity contribution is -0.0120. The van der Waals surface area contributed by atoms with Gasteiger partial charge < -0.3 is 14.6 Å². The molecular weight excluding hydrogens is 350 g/mol. The second-order valence-corrected chi connectivity index (χ2v) is 7.62. The third-order valence-corrected chi connectivity index (χ3v) is 5.42. The molecule has 28 heavy (non-hydrogen) atoms. The molecule has 4 nitrogen and oxygen atoms in total. The number of aryl methyl sites for hydroxylation is 3. The van der Waals surface area contributed by atoms with Gasteiger partial charge in [0.25, 0.3) is 0 Å². The average molecular weight is 384 g/mol. The molecule has 1 atom stereocenters. The zero-order valence-corrected chi connectivity index (χ0v) is 17.2. The molecule has 1 aromatic heterocycles. The Hall–Kier alpha value is -2.07. The van der Waals surface area contributed by atoms with Crippen molar-refractivity contribution in [3.8, 4) is 11.6 Å². The van der Waals surface area contributed by atoms with Gasteiger partial charge in [0.2, 0.25) is 5.88 Å². The average Bonchev–Trinajstić information content (AvgIpc) is 2.72. The smallest absolute Gasteiger partial charge is 0.217 e. The lowest BCUT2D eigenvalue weighted by Crippen LogP contribution is -2.26. The van der Waals surface area contributed by atoms with E-state index in [1.165, 1.54) is 24.0 Å². The van der Waals surface area contributed by atoms with Crippen LogP contribution in [-0.2, 0) is 30.4 Å². The molecule has 0 radical (unpaired) electrons. The Kier molecular flexibility index (Phi) is 7.72. The molecule has 1 unspecified atom stereocenters. The Morgan fingerprint density at radius 2 is 1.82 bits per heavy atom. The summed E-state index contributed by atoms with van der Waals surface area (Å²) in [4.78, 5) is 4.71. The van der Waals surface area contributed by atoms with Crippen LogP contribution in [0.2, 0.25) is 0 Å². The number of benzene rings is 1. The minimum Gasteiger partial charge on any atom is -0.507 e. The number of hydrogen-bond acceptors (Lipinski definition) is 4. The van der Waals surface area contributed by atoms with Crippen molar-refractivity contribution in [2.75, 3.05) is 13.2 Å². The lowest BCUT2D eigenvalue weighted by Gasteiger charge is -2.22. The van der Waals surface area contributed by atoms with E-state index >= 15 is 0 Å². The van der Waals surface area contributed by atoms with E-state index in [0.29, 0.717) is 12.5 Å². The van der Waals surface area contributed by atoms with Crippen molar-refractivity contribution in [3.63, 3.8) is 0 Å². The number of hydrogen-bond donors (Lipinski definition) is 1. The number of rotatable bonds is 9. The molecule has 1 saturated heterocycles. The lowest BCUT2D eigenvalue weighted by atomic mass is 10.0. The van der Waals surface area contributed by atoms with Crippen LogP contribution in [0.4, 0.5) is 0 Å². The highest BCUT2D eigenvalue weighted by Gasteiger charge is 2.16. The van der Waals surface area contributed by atoms with E-state index < -0.39 is 0 Å². The Bertz CT molecular complexity index is 736. The van der Waals surface area contributed by atoms with Gasteiger partial charge in [-0.1, -0.05) is 44.5 Å². The van der Waals surface area contributed by atoms with Crippen LogP contribution in [0.15, 0.2) is 30.3 Å². The van der Waals surface area contributed by atoms with Crippen LogP contribution in [0.3, 0.4) is 0 Å². The van der Waals surface area contributed by atoms with Gasteiger partial charge in [0.15, 0.2) is 0 Å². The van der Waals surface area contributed by atoms with Gasteiger partial charge in [-0.15, -0.1) is 0 Å². The van der Waals surface area contributed by atoms with Gasteiger partial charge in [0, 0.05) is 18.2 Å². The van der Waals surface area contributed by atoms with Crippen molar-refractivity contribution in [2.24, 2.45) is 0 Å². The van der Waals surface area contributed by atoms with E-state index in [0.717, 1.165) is 56.4 Å². The molecule has 2 heterocycles. The van der Waals surface area contributed by atoms with Crippen molar-refractivity contribution in [3.05, 3.63) is 52.7 Å². The normalized spacial score (nSPS) is 16.9. The van der Waals surface area contributed by atoms with Crippen LogP contribution < -0.4 is 4.74 Å². The van der Waals surface area contributed by atoms with E-state index in [9.17, 15) is 5.11 Å². The van der Waals surface area contributed by atoms with Gasteiger partial charge >= 0.3 is 0 Å². The Balaban J connectivity index is 1.65. The zero-order valence-electron chi connectivity index (χ0n) is 17.2. The van der Waals surface area contributed by atoms with Crippen molar-refractivity contribution < 1.29 is 14.6 Å². The van der Waals surface area contributed by atoms with E-state index in [4.69, 9.17) is 14.5 Å². The van der Waals surface area contributed by atoms with Crippen molar-refractivity contribution >= 4 is 0 Å². The zero-order chi connectivity index (χ0) is 19.8. The molecule has 0 bridgehead atoms. The summed E-state index contributed by atoms with van der Waals surface area (Å²) in [7, 11) is 0. The fourth-order valence-electron chi connectivity index (χ4n) is 3.79. The molecule has 0 amide bonds. The summed E-state index contributed by atoms with van der Waals surface area (Å²) in [6.45, 7) is 5.56. The molecule has 1 N–H and O–H groups in total. The van der Waals surface area contributed by atoms with Crippen LogP contribution in [-0.4, -0.2) is 29.4 Å². The molecule has 152 valence electrons. The SMILES string of the molecule is CCCc1ccc(CCc2nc(OCC3CCCCO3)cc(O)c2CC)cc1. The Labute approximate surface area is 168 Å². The highest BCUT2D eigenvalue weighted by atomic mass is 16.5. The molecule has 0 saturated carbocycles. The van der Waals surface area contributed by atoms with E-state index in [1.807, 2.05) is 0 Å². The largest absolute Gasteiger partial charge is 0.507 e. The quantitative estimate of drug-likeness (QED) is 0.659. The standard InChI is InChI=1S/C24H33NO3/c1-3-7-18-9-11-19(12-10-18)13-14-22-21(4-2)23(26)16-24(25-22)28-17-20-8-5-6-15-27-20/h9-12,16,20H,3-8,13-15,17H2,1-2H3,(H,25,26). The van der Waals surface area contributed by atoms with Gasteiger partial charge in [-0.2, -0.15) is 0 Å². The summed E-state index contributed by atoms with van der Waals surface area (Å²) in [5.74, 6) is 0.780. The van der Waals surface area contributed by atoms with Crippen molar-refractivity contribution in [2.45, 2.75) is 71.3 Å². The molecule has 0 spiro atoms. The summed E-state index contributed by atoms with van der Waals surface area (Å²) in [6, 6.07) is 10.5. The van der Waals surface area contributed by atoms with Crippen LogP contribution in [0, 0.1) is 0 Å². The first kappa shape index (κ1) is 20.7. The second kappa shape index (κ2) is 10.5. The number of ether oxygens (including phenoxy) is 2. The minimum absolute atomic E-state index is 0.133. The van der Waals surface area contributed by atoms with Gasteiger partial charge in [-0.05, 0) is 56.1 Å². The maximum absolute atomic E-state index is 10.5. The molecule has 1 fully saturated rings. The predicted molar refractivity (Wildman–Crippen MR) is 112 cm³/mol. The first-order valence-corrected chi connectivity index (χ1v) is 10.7. The van der Waals surface area contributed by atoms with Gasteiger partial charge in [-0.25, -0.2) is 4.98 Å². The fraction of sp³-hybridized carbons (Fsp3) is 0.542. The Morgan fingerprint density at radius 1 is 1.07 bits per heavy atom. The molecular formula is C24H33NO3. The fourth-order valence-corrected chi connectivity index (χ4v) is 3.79. The number of pyridine rings is 1. The van der Waals surface area contributed by atoms with Gasteiger partial charge in [0.1, 0.15) is 12.4 Å². The summed E-state index contributed by atoms with van der Waals surface area (Å²) >= 11 is 0. The maximum Gasteiger partial charge on any atom is 0.217 e. The predicted octanol–water partition coefficient (Wildman–Crippen LogP) is 5.04. The Morgan fingerprint density at radius 3 is 2.46 bits per heavy atom. The van der Waals surface area contributed by atoms with Crippen molar-refractivity contribution in [1.29, 1.82) is 0 Å². The van der Waals surface area contributed by atoms with Crippen LogP contribution in [0.5, 0.6) is 11.6 Å². The molecule has 1 aliphatic heterocycles. The number of aromatic nitrogens is 1. The maximum atomic E-state index is 10.5. The first-order valence-electron chi connectivity index (χ1n) is 10.7. The monoisotopic (exact) mass is 383 g/mol. The second-order valence-electron chi connectivity index (χ2n) is 7.62. The van der Waals surface area contributed by atoms with E-state index in [2.05, 4.69) is 38.1 Å². The molecule has 0 aliphatic carbocycles. The number of aromatic hydroxyl groups is 1. The van der Waals surface area contributed by atoms with Gasteiger partial charge in [-0.3, -0.25) is 0 Å². The third kappa shape index (κ3) is 5.71. The minimum atomic E-state index is 0.133. The van der Waals surface area contributed by atoms with Crippen LogP contribution >= 0.6 is 0 Å². The third-order valence-electron chi connectivity index (χ3n) is 5.42. The van der Waals surface area contributed by atoms with Gasteiger partial charge in [0.05, 0.1) is 11.8 Å². The number of nitrogens with zero attached hydrogens (tertiary/aromatic N) is 1.